The minimum absolute atomic E-state index is 0.125. The molecule has 0 heterocycles. The van der Waals surface area contributed by atoms with Crippen LogP contribution in [0.2, 0.25) is 0 Å². The van der Waals surface area contributed by atoms with Crippen molar-refractivity contribution in [3.05, 3.63) is 17.7 Å². The van der Waals surface area contributed by atoms with Gasteiger partial charge in [0.1, 0.15) is 5.84 Å². The summed E-state index contributed by atoms with van der Waals surface area (Å²) in [7, 11) is 0. The molecule has 0 radical (unpaired) electrons. The third-order valence-electron chi connectivity index (χ3n) is 1.48. The lowest BCUT2D eigenvalue weighted by Crippen LogP contribution is -2.11. The normalized spacial score (nSPS) is 9.67. The molecule has 0 unspecified atom stereocenters. The molecule has 0 aromatic heterocycles. The third kappa shape index (κ3) is 1.24. The quantitative estimate of drug-likeness (QED) is 0.172. The van der Waals surface area contributed by atoms with E-state index in [4.69, 9.17) is 27.7 Å². The molecule has 0 aliphatic heterocycles. The van der Waals surface area contributed by atoms with Crippen molar-refractivity contribution >= 4 is 17.2 Å². The van der Waals surface area contributed by atoms with Crippen molar-refractivity contribution in [3.8, 4) is 5.75 Å². The van der Waals surface area contributed by atoms with Crippen LogP contribution >= 0.6 is 0 Å². The molecule has 5 nitrogen and oxygen atoms in total. The van der Waals surface area contributed by atoms with E-state index in [1.807, 2.05) is 0 Å². The lowest BCUT2D eigenvalue weighted by atomic mass is 10.1. The first-order valence-electron chi connectivity index (χ1n) is 3.24. The number of hydrogen-bond donors (Lipinski definition) is 5. The van der Waals surface area contributed by atoms with Gasteiger partial charge < -0.3 is 22.3 Å². The molecule has 0 saturated carbocycles. The maximum atomic E-state index is 9.15. The van der Waals surface area contributed by atoms with E-state index in [-0.39, 0.29) is 23.0 Å². The summed E-state index contributed by atoms with van der Waals surface area (Å²) in [6, 6.07) is 2.79. The number of phenolic OH excluding ortho intramolecular Hbond substituents is 1. The van der Waals surface area contributed by atoms with Crippen molar-refractivity contribution in [2.24, 2.45) is 5.73 Å². The summed E-state index contributed by atoms with van der Waals surface area (Å²) in [5.41, 5.74) is 16.6. The molecule has 0 amide bonds. The van der Waals surface area contributed by atoms with E-state index in [1.54, 1.807) is 0 Å². The first-order valence-corrected chi connectivity index (χ1v) is 3.24. The van der Waals surface area contributed by atoms with E-state index in [1.165, 1.54) is 12.1 Å². The first kappa shape index (κ1) is 8.19. The van der Waals surface area contributed by atoms with Gasteiger partial charge in [-0.25, -0.2) is 0 Å². The Labute approximate surface area is 69.3 Å². The van der Waals surface area contributed by atoms with Gasteiger partial charge in [0, 0.05) is 5.56 Å². The van der Waals surface area contributed by atoms with Gasteiger partial charge in [-0.1, -0.05) is 0 Å². The van der Waals surface area contributed by atoms with Gasteiger partial charge in [0.2, 0.25) is 0 Å². The molecule has 5 heteroatoms. The zero-order chi connectivity index (χ0) is 9.30. The number of nitrogens with two attached hydrogens (primary N) is 3. The van der Waals surface area contributed by atoms with Crippen LogP contribution in [0.3, 0.4) is 0 Å². The summed E-state index contributed by atoms with van der Waals surface area (Å²) in [5, 5.41) is 16.2. The van der Waals surface area contributed by atoms with E-state index < -0.39 is 0 Å². The topological polar surface area (TPSA) is 122 Å². The van der Waals surface area contributed by atoms with E-state index in [9.17, 15) is 0 Å². The maximum absolute atomic E-state index is 9.15. The Morgan fingerprint density at radius 3 is 2.00 bits per heavy atom. The number of hydrogen-bond acceptors (Lipinski definition) is 4. The van der Waals surface area contributed by atoms with E-state index in [0.29, 0.717) is 5.56 Å². The number of anilines is 2. The molecule has 8 N–H and O–H groups in total. The van der Waals surface area contributed by atoms with Gasteiger partial charge in [-0.15, -0.1) is 0 Å². The molecule has 0 fully saturated rings. The third-order valence-corrected chi connectivity index (χ3v) is 1.48. The average molecular weight is 166 g/mol. The zero-order valence-electron chi connectivity index (χ0n) is 6.33. The van der Waals surface area contributed by atoms with Crippen molar-refractivity contribution in [2.45, 2.75) is 0 Å². The van der Waals surface area contributed by atoms with Crippen LogP contribution in [0.4, 0.5) is 11.4 Å². The van der Waals surface area contributed by atoms with Crippen LogP contribution < -0.4 is 17.2 Å². The highest BCUT2D eigenvalue weighted by atomic mass is 16.3. The highest BCUT2D eigenvalue weighted by molar-refractivity contribution is 5.97. The summed E-state index contributed by atoms with van der Waals surface area (Å²) in [6.45, 7) is 0. The molecule has 1 rings (SSSR count). The van der Waals surface area contributed by atoms with Crippen LogP contribution in [0.15, 0.2) is 12.1 Å². The number of phenols is 1. The maximum Gasteiger partial charge on any atom is 0.161 e. The van der Waals surface area contributed by atoms with Crippen LogP contribution in [0.1, 0.15) is 5.56 Å². The number of nitrogens with one attached hydrogen (secondary N) is 1. The van der Waals surface area contributed by atoms with Crippen molar-refractivity contribution < 1.29 is 5.11 Å². The number of nitrogen functional groups attached to an aromatic ring is 3. The molecule has 64 valence electrons. The standard InChI is InChI=1S/C7H10N4O/c8-4-1-3(7(10)11)2-5(9)6(4)12/h1-2,12H,8-9H2,(H3,10,11). The summed E-state index contributed by atoms with van der Waals surface area (Å²) in [4.78, 5) is 0. The Morgan fingerprint density at radius 1 is 1.25 bits per heavy atom. The van der Waals surface area contributed by atoms with Gasteiger partial charge in [-0.2, -0.15) is 0 Å². The number of benzene rings is 1. The van der Waals surface area contributed by atoms with Crippen LogP contribution in [-0.2, 0) is 0 Å². The van der Waals surface area contributed by atoms with Crippen molar-refractivity contribution in [1.82, 2.24) is 0 Å². The Bertz CT molecular complexity index is 311. The summed E-state index contributed by atoms with van der Waals surface area (Å²) in [5.74, 6) is -0.298. The van der Waals surface area contributed by atoms with E-state index >= 15 is 0 Å². The number of rotatable bonds is 1. The van der Waals surface area contributed by atoms with E-state index in [2.05, 4.69) is 0 Å². The van der Waals surface area contributed by atoms with Crippen LogP contribution in [-0.4, -0.2) is 10.9 Å². The first-order chi connectivity index (χ1) is 5.52. The molecule has 0 spiro atoms. The van der Waals surface area contributed by atoms with E-state index in [0.717, 1.165) is 0 Å². The lowest BCUT2D eigenvalue weighted by molar-refractivity contribution is 0.480. The molecule has 12 heavy (non-hydrogen) atoms. The largest absolute Gasteiger partial charge is 0.504 e. The summed E-state index contributed by atoms with van der Waals surface area (Å²) in [6.07, 6.45) is 0. The minimum Gasteiger partial charge on any atom is -0.504 e. The van der Waals surface area contributed by atoms with Crippen molar-refractivity contribution in [3.63, 3.8) is 0 Å². The summed E-state index contributed by atoms with van der Waals surface area (Å²) < 4.78 is 0. The zero-order valence-corrected chi connectivity index (χ0v) is 6.33. The van der Waals surface area contributed by atoms with Gasteiger partial charge in [0.15, 0.2) is 5.75 Å². The Hall–Kier alpha value is -1.91. The van der Waals surface area contributed by atoms with Crippen molar-refractivity contribution in [2.75, 3.05) is 11.5 Å². The number of amidine groups is 1. The lowest BCUT2D eigenvalue weighted by Gasteiger charge is -2.05. The molecule has 0 bridgehead atoms. The fourth-order valence-electron chi connectivity index (χ4n) is 0.836. The molecular weight excluding hydrogens is 156 g/mol. The van der Waals surface area contributed by atoms with Crippen LogP contribution in [0.5, 0.6) is 5.75 Å². The molecule has 0 aliphatic carbocycles. The minimum atomic E-state index is -0.167. The second kappa shape index (κ2) is 2.61. The highest BCUT2D eigenvalue weighted by Gasteiger charge is 2.05. The van der Waals surface area contributed by atoms with Crippen LogP contribution in [0.25, 0.3) is 0 Å². The Morgan fingerprint density at radius 2 is 1.67 bits per heavy atom. The second-order valence-corrected chi connectivity index (χ2v) is 2.42. The summed E-state index contributed by atoms with van der Waals surface area (Å²) >= 11 is 0. The Balaban J connectivity index is 3.31. The molecular formula is C7H10N4O. The fourth-order valence-corrected chi connectivity index (χ4v) is 0.836. The number of aromatic hydroxyl groups is 1. The smallest absolute Gasteiger partial charge is 0.161 e. The van der Waals surface area contributed by atoms with Crippen molar-refractivity contribution in [1.29, 1.82) is 5.41 Å². The molecule has 0 saturated heterocycles. The molecule has 1 aromatic carbocycles. The molecule has 0 atom stereocenters. The van der Waals surface area contributed by atoms with Gasteiger partial charge in [-0.05, 0) is 12.1 Å². The van der Waals surface area contributed by atoms with Gasteiger partial charge in [-0.3, -0.25) is 5.41 Å². The Kier molecular flexibility index (Phi) is 1.78. The predicted molar refractivity (Wildman–Crippen MR) is 47.9 cm³/mol. The van der Waals surface area contributed by atoms with Gasteiger partial charge in [0.25, 0.3) is 0 Å². The SMILES string of the molecule is N=C(N)c1cc(N)c(O)c(N)c1. The predicted octanol–water partition coefficient (Wildman–Crippen LogP) is -0.159. The molecule has 0 aliphatic rings. The van der Waals surface area contributed by atoms with Gasteiger partial charge in [0.05, 0.1) is 11.4 Å². The monoisotopic (exact) mass is 166 g/mol. The average Bonchev–Trinajstić information content (AvgIpc) is 1.99. The fraction of sp³-hybridized carbons (Fsp3) is 0. The second-order valence-electron chi connectivity index (χ2n) is 2.42. The van der Waals surface area contributed by atoms with Crippen LogP contribution in [0, 0.1) is 5.41 Å². The highest BCUT2D eigenvalue weighted by Crippen LogP contribution is 2.28. The van der Waals surface area contributed by atoms with Gasteiger partial charge >= 0.3 is 0 Å². The molecule has 1 aromatic rings.